The highest BCUT2D eigenvalue weighted by Crippen LogP contribution is 1.93. The summed E-state index contributed by atoms with van der Waals surface area (Å²) in [6.07, 6.45) is 1.68. The Morgan fingerprint density at radius 3 is 2.71 bits per heavy atom. The molecular weight excluding hydrogens is 214 g/mol. The standard InChI is InChI=1S/C13H23N3O/c1-10(2)7-14-8-11(3)16-9-12-4-5-15-13(17)6-12/h4-6,10-11,14,16H,7-9H2,1-3H3,(H,15,17). The van der Waals surface area contributed by atoms with Crippen molar-refractivity contribution in [1.29, 1.82) is 0 Å². The van der Waals surface area contributed by atoms with Crippen molar-refractivity contribution >= 4 is 0 Å². The third kappa shape index (κ3) is 6.24. The summed E-state index contributed by atoms with van der Waals surface area (Å²) in [5.74, 6) is 0.676. The molecule has 96 valence electrons. The first-order chi connectivity index (χ1) is 8.08. The second kappa shape index (κ2) is 7.25. The molecule has 0 aromatic carbocycles. The van der Waals surface area contributed by atoms with Gasteiger partial charge in [0.1, 0.15) is 0 Å². The predicted molar refractivity (Wildman–Crippen MR) is 71.1 cm³/mol. The van der Waals surface area contributed by atoms with Crippen molar-refractivity contribution < 1.29 is 0 Å². The molecular formula is C13H23N3O. The minimum Gasteiger partial charge on any atom is -0.329 e. The average Bonchev–Trinajstić information content (AvgIpc) is 2.26. The van der Waals surface area contributed by atoms with Crippen molar-refractivity contribution in [2.75, 3.05) is 13.1 Å². The number of hydrogen-bond acceptors (Lipinski definition) is 3. The molecule has 0 aliphatic rings. The molecule has 0 aliphatic carbocycles. The SMILES string of the molecule is CC(C)CNCC(C)NCc1cc[nH]c(=O)c1. The van der Waals surface area contributed by atoms with Crippen LogP contribution in [0.2, 0.25) is 0 Å². The molecule has 0 radical (unpaired) electrons. The van der Waals surface area contributed by atoms with E-state index >= 15 is 0 Å². The Morgan fingerprint density at radius 1 is 1.29 bits per heavy atom. The van der Waals surface area contributed by atoms with E-state index < -0.39 is 0 Å². The molecule has 0 saturated heterocycles. The first kappa shape index (κ1) is 13.9. The van der Waals surface area contributed by atoms with Crippen molar-refractivity contribution in [3.05, 3.63) is 34.2 Å². The van der Waals surface area contributed by atoms with Crippen LogP contribution < -0.4 is 16.2 Å². The van der Waals surface area contributed by atoms with Crippen molar-refractivity contribution in [3.63, 3.8) is 0 Å². The fourth-order valence-electron chi connectivity index (χ4n) is 1.55. The normalized spacial score (nSPS) is 12.9. The first-order valence-electron chi connectivity index (χ1n) is 6.19. The summed E-state index contributed by atoms with van der Waals surface area (Å²) in [6.45, 7) is 9.25. The van der Waals surface area contributed by atoms with E-state index in [1.165, 1.54) is 0 Å². The highest BCUT2D eigenvalue weighted by Gasteiger charge is 2.02. The Balaban J connectivity index is 2.23. The van der Waals surface area contributed by atoms with E-state index in [2.05, 4.69) is 36.4 Å². The number of rotatable bonds is 7. The lowest BCUT2D eigenvalue weighted by Gasteiger charge is -2.15. The van der Waals surface area contributed by atoms with E-state index in [0.717, 1.165) is 25.2 Å². The van der Waals surface area contributed by atoms with Gasteiger partial charge in [0.25, 0.3) is 0 Å². The van der Waals surface area contributed by atoms with Gasteiger partial charge in [0.15, 0.2) is 0 Å². The number of aromatic amines is 1. The zero-order chi connectivity index (χ0) is 12.7. The van der Waals surface area contributed by atoms with Gasteiger partial charge in [0.2, 0.25) is 5.56 Å². The number of H-pyrrole nitrogens is 1. The maximum absolute atomic E-state index is 11.1. The van der Waals surface area contributed by atoms with E-state index in [0.29, 0.717) is 12.0 Å². The van der Waals surface area contributed by atoms with Crippen LogP contribution >= 0.6 is 0 Å². The Hall–Kier alpha value is -1.13. The molecule has 4 heteroatoms. The first-order valence-corrected chi connectivity index (χ1v) is 6.19. The second-order valence-electron chi connectivity index (χ2n) is 4.90. The Labute approximate surface area is 103 Å². The number of pyridine rings is 1. The van der Waals surface area contributed by atoms with Crippen LogP contribution in [-0.4, -0.2) is 24.1 Å². The molecule has 1 rings (SSSR count). The van der Waals surface area contributed by atoms with E-state index in [1.54, 1.807) is 12.3 Å². The molecule has 0 saturated carbocycles. The molecule has 17 heavy (non-hydrogen) atoms. The van der Waals surface area contributed by atoms with Gasteiger partial charge in [0, 0.05) is 31.4 Å². The smallest absolute Gasteiger partial charge is 0.248 e. The molecule has 4 nitrogen and oxygen atoms in total. The third-order valence-electron chi connectivity index (χ3n) is 2.50. The van der Waals surface area contributed by atoms with Gasteiger partial charge in [-0.25, -0.2) is 0 Å². The van der Waals surface area contributed by atoms with Gasteiger partial charge in [-0.15, -0.1) is 0 Å². The fourth-order valence-corrected chi connectivity index (χ4v) is 1.55. The van der Waals surface area contributed by atoms with Crippen LogP contribution in [0.5, 0.6) is 0 Å². The lowest BCUT2D eigenvalue weighted by molar-refractivity contribution is 0.472. The Kier molecular flexibility index (Phi) is 5.94. The Morgan fingerprint density at radius 2 is 2.06 bits per heavy atom. The lowest BCUT2D eigenvalue weighted by atomic mass is 10.2. The van der Waals surface area contributed by atoms with Crippen LogP contribution in [-0.2, 0) is 6.54 Å². The summed E-state index contributed by atoms with van der Waals surface area (Å²) in [6, 6.07) is 3.94. The fraction of sp³-hybridized carbons (Fsp3) is 0.615. The molecule has 0 spiro atoms. The van der Waals surface area contributed by atoms with Crippen LogP contribution in [0.15, 0.2) is 23.1 Å². The topological polar surface area (TPSA) is 56.9 Å². The monoisotopic (exact) mass is 237 g/mol. The van der Waals surface area contributed by atoms with Gasteiger partial charge < -0.3 is 15.6 Å². The lowest BCUT2D eigenvalue weighted by Crippen LogP contribution is -2.37. The summed E-state index contributed by atoms with van der Waals surface area (Å²) in [5, 5.41) is 6.79. The van der Waals surface area contributed by atoms with Crippen LogP contribution in [0.3, 0.4) is 0 Å². The minimum absolute atomic E-state index is 0.0464. The molecule has 1 atom stereocenters. The van der Waals surface area contributed by atoms with Crippen LogP contribution in [0.25, 0.3) is 0 Å². The van der Waals surface area contributed by atoms with Gasteiger partial charge >= 0.3 is 0 Å². The number of nitrogens with one attached hydrogen (secondary N) is 3. The van der Waals surface area contributed by atoms with E-state index in [1.807, 2.05) is 6.07 Å². The van der Waals surface area contributed by atoms with E-state index in [9.17, 15) is 4.79 Å². The minimum atomic E-state index is -0.0464. The van der Waals surface area contributed by atoms with Gasteiger partial charge in [0.05, 0.1) is 0 Å². The molecule has 3 N–H and O–H groups in total. The van der Waals surface area contributed by atoms with Crippen molar-refractivity contribution in [3.8, 4) is 0 Å². The maximum atomic E-state index is 11.1. The van der Waals surface area contributed by atoms with Crippen LogP contribution in [0.4, 0.5) is 0 Å². The molecule has 1 aromatic rings. The molecule has 0 bridgehead atoms. The van der Waals surface area contributed by atoms with Crippen molar-refractivity contribution in [2.45, 2.75) is 33.4 Å². The molecule has 0 aliphatic heterocycles. The largest absolute Gasteiger partial charge is 0.329 e. The maximum Gasteiger partial charge on any atom is 0.248 e. The molecule has 0 amide bonds. The van der Waals surface area contributed by atoms with Crippen LogP contribution in [0, 0.1) is 5.92 Å². The summed E-state index contributed by atoms with van der Waals surface area (Å²) in [4.78, 5) is 13.7. The van der Waals surface area contributed by atoms with Crippen molar-refractivity contribution in [1.82, 2.24) is 15.6 Å². The van der Waals surface area contributed by atoms with E-state index in [4.69, 9.17) is 0 Å². The zero-order valence-electron chi connectivity index (χ0n) is 10.9. The van der Waals surface area contributed by atoms with Gasteiger partial charge in [-0.2, -0.15) is 0 Å². The van der Waals surface area contributed by atoms with Crippen molar-refractivity contribution in [2.24, 2.45) is 5.92 Å². The molecule has 1 aromatic heterocycles. The summed E-state index contributed by atoms with van der Waals surface area (Å²) >= 11 is 0. The molecule has 0 fully saturated rings. The van der Waals surface area contributed by atoms with Gasteiger partial charge in [-0.05, 0) is 31.0 Å². The predicted octanol–water partition coefficient (Wildman–Crippen LogP) is 1.10. The summed E-state index contributed by atoms with van der Waals surface area (Å²) < 4.78 is 0. The summed E-state index contributed by atoms with van der Waals surface area (Å²) in [5.41, 5.74) is 0.972. The van der Waals surface area contributed by atoms with Gasteiger partial charge in [-0.3, -0.25) is 4.79 Å². The average molecular weight is 237 g/mol. The van der Waals surface area contributed by atoms with Crippen LogP contribution in [0.1, 0.15) is 26.3 Å². The van der Waals surface area contributed by atoms with E-state index in [-0.39, 0.29) is 5.56 Å². The zero-order valence-corrected chi connectivity index (χ0v) is 10.9. The highest BCUT2D eigenvalue weighted by molar-refractivity contribution is 5.09. The summed E-state index contributed by atoms with van der Waals surface area (Å²) in [7, 11) is 0. The number of hydrogen-bond donors (Lipinski definition) is 3. The number of aromatic nitrogens is 1. The Bertz CT molecular complexity index is 373. The molecule has 1 heterocycles. The highest BCUT2D eigenvalue weighted by atomic mass is 16.1. The molecule has 1 unspecified atom stereocenters. The quantitative estimate of drug-likeness (QED) is 0.665. The third-order valence-corrected chi connectivity index (χ3v) is 2.50. The second-order valence-corrected chi connectivity index (χ2v) is 4.90. The van der Waals surface area contributed by atoms with Gasteiger partial charge in [-0.1, -0.05) is 13.8 Å².